The van der Waals surface area contributed by atoms with Gasteiger partial charge in [0.2, 0.25) is 0 Å². The summed E-state index contributed by atoms with van der Waals surface area (Å²) in [5, 5.41) is 11.8. The van der Waals surface area contributed by atoms with Gasteiger partial charge in [-0.2, -0.15) is 0 Å². The minimum Gasteiger partial charge on any atom is -0.396 e. The topological polar surface area (TPSA) is 58.6 Å². The van der Waals surface area contributed by atoms with Gasteiger partial charge < -0.3 is 15.2 Å². The molecule has 1 unspecified atom stereocenters. The van der Waals surface area contributed by atoms with Gasteiger partial charge in [0.05, 0.1) is 0 Å². The Morgan fingerprint density at radius 3 is 2.53 bits per heavy atom. The van der Waals surface area contributed by atoms with Crippen molar-refractivity contribution in [1.29, 1.82) is 0 Å². The van der Waals surface area contributed by atoms with Gasteiger partial charge in [0.1, 0.15) is 0 Å². The van der Waals surface area contributed by atoms with E-state index >= 15 is 0 Å². The highest BCUT2D eigenvalue weighted by atomic mass is 16.5. The SMILES string of the molecule is COC(C(=O)NCC(C)(C)CCO)c1ccccc1. The standard InChI is InChI=1S/C15H23NO3/c1-15(2,9-10-17)11-16-14(18)13(19-3)12-7-5-4-6-8-12/h4-8,13,17H,9-11H2,1-3H3,(H,16,18). The summed E-state index contributed by atoms with van der Waals surface area (Å²) in [4.78, 5) is 12.1. The Bertz CT molecular complexity index is 390. The minimum absolute atomic E-state index is 0.120. The molecule has 0 aliphatic carbocycles. The van der Waals surface area contributed by atoms with Crippen molar-refractivity contribution >= 4 is 5.91 Å². The van der Waals surface area contributed by atoms with Gasteiger partial charge in [0, 0.05) is 20.3 Å². The maximum absolute atomic E-state index is 12.1. The van der Waals surface area contributed by atoms with Crippen molar-refractivity contribution in [2.24, 2.45) is 5.41 Å². The number of ether oxygens (including phenoxy) is 1. The lowest BCUT2D eigenvalue weighted by molar-refractivity contribution is -0.131. The lowest BCUT2D eigenvalue weighted by Gasteiger charge is -2.25. The van der Waals surface area contributed by atoms with Crippen LogP contribution in [0.15, 0.2) is 30.3 Å². The zero-order valence-electron chi connectivity index (χ0n) is 11.8. The maximum Gasteiger partial charge on any atom is 0.253 e. The molecule has 0 spiro atoms. The third-order valence-corrected chi connectivity index (χ3v) is 3.11. The first-order valence-corrected chi connectivity index (χ1v) is 6.46. The molecule has 106 valence electrons. The number of rotatable bonds is 7. The second-order valence-electron chi connectivity index (χ2n) is 5.38. The number of carbonyl (C=O) groups is 1. The van der Waals surface area contributed by atoms with E-state index in [1.54, 1.807) is 0 Å². The molecule has 0 aliphatic heterocycles. The largest absolute Gasteiger partial charge is 0.396 e. The van der Waals surface area contributed by atoms with E-state index < -0.39 is 6.10 Å². The summed E-state index contributed by atoms with van der Waals surface area (Å²) in [5.74, 6) is -0.153. The van der Waals surface area contributed by atoms with E-state index in [2.05, 4.69) is 5.32 Å². The first-order chi connectivity index (χ1) is 9.00. The van der Waals surface area contributed by atoms with E-state index in [1.807, 2.05) is 44.2 Å². The predicted octanol–water partition coefficient (Wildman–Crippen LogP) is 1.90. The van der Waals surface area contributed by atoms with Crippen LogP contribution in [0.25, 0.3) is 0 Å². The average Bonchev–Trinajstić information content (AvgIpc) is 2.39. The summed E-state index contributed by atoms with van der Waals surface area (Å²) in [7, 11) is 1.52. The van der Waals surface area contributed by atoms with Crippen molar-refractivity contribution in [3.05, 3.63) is 35.9 Å². The molecule has 2 N–H and O–H groups in total. The zero-order valence-corrected chi connectivity index (χ0v) is 11.8. The number of aliphatic hydroxyl groups excluding tert-OH is 1. The third-order valence-electron chi connectivity index (χ3n) is 3.11. The van der Waals surface area contributed by atoms with Gasteiger partial charge >= 0.3 is 0 Å². The molecule has 0 fully saturated rings. The Morgan fingerprint density at radius 1 is 1.37 bits per heavy atom. The Labute approximate surface area is 114 Å². The van der Waals surface area contributed by atoms with Crippen molar-refractivity contribution in [3.8, 4) is 0 Å². The molecule has 19 heavy (non-hydrogen) atoms. The van der Waals surface area contributed by atoms with Gasteiger partial charge in [0.25, 0.3) is 5.91 Å². The van der Waals surface area contributed by atoms with Crippen LogP contribution in [0.5, 0.6) is 0 Å². The average molecular weight is 265 g/mol. The molecule has 4 heteroatoms. The molecule has 1 amide bonds. The Morgan fingerprint density at radius 2 is 2.00 bits per heavy atom. The Hall–Kier alpha value is -1.39. The van der Waals surface area contributed by atoms with E-state index in [9.17, 15) is 4.79 Å². The third kappa shape index (κ3) is 5.01. The summed E-state index contributed by atoms with van der Waals surface area (Å²) >= 11 is 0. The molecular weight excluding hydrogens is 242 g/mol. The number of carbonyl (C=O) groups excluding carboxylic acids is 1. The molecule has 1 aromatic rings. The number of hydrogen-bond donors (Lipinski definition) is 2. The summed E-state index contributed by atoms with van der Waals surface area (Å²) in [6.45, 7) is 4.65. The van der Waals surface area contributed by atoms with Crippen LogP contribution in [0.1, 0.15) is 31.9 Å². The number of nitrogens with one attached hydrogen (secondary N) is 1. The normalized spacial score (nSPS) is 13.1. The summed E-state index contributed by atoms with van der Waals surface area (Å²) in [5.41, 5.74) is 0.710. The van der Waals surface area contributed by atoms with Gasteiger partial charge in [-0.05, 0) is 17.4 Å². The molecule has 1 rings (SSSR count). The van der Waals surface area contributed by atoms with Crippen LogP contribution in [-0.2, 0) is 9.53 Å². The predicted molar refractivity (Wildman–Crippen MR) is 74.7 cm³/mol. The molecule has 1 atom stereocenters. The molecule has 1 aromatic carbocycles. The van der Waals surface area contributed by atoms with Crippen molar-refractivity contribution < 1.29 is 14.6 Å². The van der Waals surface area contributed by atoms with E-state index in [0.29, 0.717) is 13.0 Å². The van der Waals surface area contributed by atoms with E-state index in [-0.39, 0.29) is 17.9 Å². The summed E-state index contributed by atoms with van der Waals surface area (Å²) in [6, 6.07) is 9.40. The monoisotopic (exact) mass is 265 g/mol. The van der Waals surface area contributed by atoms with Gasteiger partial charge in [-0.15, -0.1) is 0 Å². The van der Waals surface area contributed by atoms with Crippen LogP contribution in [0.3, 0.4) is 0 Å². The fourth-order valence-electron chi connectivity index (χ4n) is 1.83. The van der Waals surface area contributed by atoms with Crippen LogP contribution in [0, 0.1) is 5.41 Å². The van der Waals surface area contributed by atoms with Crippen LogP contribution in [0.2, 0.25) is 0 Å². The molecule has 4 nitrogen and oxygen atoms in total. The highest BCUT2D eigenvalue weighted by Crippen LogP contribution is 2.20. The Balaban J connectivity index is 2.61. The lowest BCUT2D eigenvalue weighted by atomic mass is 9.89. The van der Waals surface area contributed by atoms with Gasteiger partial charge in [-0.3, -0.25) is 4.79 Å². The van der Waals surface area contributed by atoms with Gasteiger partial charge in [-0.1, -0.05) is 44.2 Å². The summed E-state index contributed by atoms with van der Waals surface area (Å²) in [6.07, 6.45) is 0.0575. The molecule has 0 bridgehead atoms. The molecule has 0 radical (unpaired) electrons. The molecule has 0 heterocycles. The number of aliphatic hydroxyl groups is 1. The summed E-state index contributed by atoms with van der Waals surface area (Å²) < 4.78 is 5.26. The fraction of sp³-hybridized carbons (Fsp3) is 0.533. The first-order valence-electron chi connectivity index (χ1n) is 6.46. The molecule has 0 aliphatic rings. The number of hydrogen-bond acceptors (Lipinski definition) is 3. The lowest BCUT2D eigenvalue weighted by Crippen LogP contribution is -2.37. The first kappa shape index (κ1) is 15.7. The van der Waals surface area contributed by atoms with Crippen LogP contribution in [0.4, 0.5) is 0 Å². The molecule has 0 saturated carbocycles. The van der Waals surface area contributed by atoms with Gasteiger partial charge in [-0.25, -0.2) is 0 Å². The quantitative estimate of drug-likeness (QED) is 0.791. The van der Waals surface area contributed by atoms with Crippen molar-refractivity contribution in [2.75, 3.05) is 20.3 Å². The molecular formula is C15H23NO3. The molecule has 0 aromatic heterocycles. The van der Waals surface area contributed by atoms with Crippen LogP contribution >= 0.6 is 0 Å². The van der Waals surface area contributed by atoms with E-state index in [0.717, 1.165) is 5.56 Å². The maximum atomic E-state index is 12.1. The minimum atomic E-state index is -0.592. The number of benzene rings is 1. The molecule has 0 saturated heterocycles. The van der Waals surface area contributed by atoms with Crippen molar-refractivity contribution in [2.45, 2.75) is 26.4 Å². The van der Waals surface area contributed by atoms with E-state index in [1.165, 1.54) is 7.11 Å². The number of methoxy groups -OCH3 is 1. The van der Waals surface area contributed by atoms with Crippen molar-refractivity contribution in [3.63, 3.8) is 0 Å². The van der Waals surface area contributed by atoms with E-state index in [4.69, 9.17) is 9.84 Å². The zero-order chi connectivity index (χ0) is 14.3. The van der Waals surface area contributed by atoms with Crippen LogP contribution < -0.4 is 5.32 Å². The van der Waals surface area contributed by atoms with Crippen molar-refractivity contribution in [1.82, 2.24) is 5.32 Å². The smallest absolute Gasteiger partial charge is 0.253 e. The van der Waals surface area contributed by atoms with Crippen LogP contribution in [-0.4, -0.2) is 31.3 Å². The second kappa shape index (κ2) is 7.26. The van der Waals surface area contributed by atoms with Gasteiger partial charge in [0.15, 0.2) is 6.10 Å². The highest BCUT2D eigenvalue weighted by Gasteiger charge is 2.23. The Kier molecular flexibility index (Phi) is 5.99. The fourth-order valence-corrected chi connectivity index (χ4v) is 1.83. The highest BCUT2D eigenvalue weighted by molar-refractivity contribution is 5.82. The number of amides is 1. The second-order valence-corrected chi connectivity index (χ2v) is 5.38.